The average Bonchev–Trinajstić information content (AvgIpc) is 2.73. The zero-order valence-electron chi connectivity index (χ0n) is 10.1. The maximum atomic E-state index is 8.73. The predicted molar refractivity (Wildman–Crippen MR) is 69.4 cm³/mol. The van der Waals surface area contributed by atoms with Gasteiger partial charge in [0.1, 0.15) is 6.61 Å². The molecule has 0 spiro atoms. The molecule has 0 aromatic carbocycles. The maximum Gasteiger partial charge on any atom is 0.104 e. The molecule has 1 aromatic heterocycles. The molecule has 3 nitrogen and oxygen atoms in total. The molecule has 1 aromatic rings. The fraction of sp³-hybridized carbons (Fsp3) is 0.462. The molecule has 1 unspecified atom stereocenters. The topological polar surface area (TPSA) is 47.3 Å². The van der Waals surface area contributed by atoms with Crippen molar-refractivity contribution < 1.29 is 5.11 Å². The van der Waals surface area contributed by atoms with Crippen LogP contribution >= 0.6 is 11.3 Å². The summed E-state index contributed by atoms with van der Waals surface area (Å²) in [6.45, 7) is 3.42. The summed E-state index contributed by atoms with van der Waals surface area (Å²) in [5.41, 5.74) is 0. The number of rotatable bonds is 4. The van der Waals surface area contributed by atoms with Crippen molar-refractivity contribution in [3.63, 3.8) is 0 Å². The van der Waals surface area contributed by atoms with Gasteiger partial charge < -0.3 is 10.0 Å². The lowest BCUT2D eigenvalue weighted by Gasteiger charge is -2.16. The molecule has 0 aliphatic heterocycles. The molecule has 0 saturated heterocycles. The van der Waals surface area contributed by atoms with E-state index in [2.05, 4.69) is 22.8 Å². The van der Waals surface area contributed by atoms with E-state index in [-0.39, 0.29) is 12.5 Å². The van der Waals surface area contributed by atoms with Crippen LogP contribution in [0, 0.1) is 29.1 Å². The molecule has 0 aliphatic rings. The third kappa shape index (κ3) is 5.01. The fourth-order valence-electron chi connectivity index (χ4n) is 1.50. The molecule has 0 radical (unpaired) electrons. The minimum absolute atomic E-state index is 0.0496. The molecule has 0 aliphatic carbocycles. The van der Waals surface area contributed by atoms with Crippen molar-refractivity contribution in [2.45, 2.75) is 13.5 Å². The second kappa shape index (κ2) is 7.09. The van der Waals surface area contributed by atoms with Gasteiger partial charge in [-0.2, -0.15) is 5.26 Å². The molecular weight excluding hydrogens is 232 g/mol. The van der Waals surface area contributed by atoms with Gasteiger partial charge in [-0.15, -0.1) is 11.3 Å². The van der Waals surface area contributed by atoms with Crippen LogP contribution in [0.1, 0.15) is 16.7 Å². The third-order valence-electron chi connectivity index (χ3n) is 2.18. The van der Waals surface area contributed by atoms with Gasteiger partial charge in [-0.25, -0.2) is 0 Å². The highest BCUT2D eigenvalue weighted by Crippen LogP contribution is 2.17. The summed E-state index contributed by atoms with van der Waals surface area (Å²) < 4.78 is 0. The van der Waals surface area contributed by atoms with Crippen LogP contribution in [0.5, 0.6) is 0 Å². The van der Waals surface area contributed by atoms with Crippen LogP contribution in [0.2, 0.25) is 0 Å². The largest absolute Gasteiger partial charge is 0.384 e. The molecule has 90 valence electrons. The van der Waals surface area contributed by atoms with Crippen molar-refractivity contribution in [3.05, 3.63) is 21.9 Å². The first kappa shape index (κ1) is 13.7. The van der Waals surface area contributed by atoms with Crippen LogP contribution in [0.15, 0.2) is 12.1 Å². The minimum atomic E-state index is -0.104. The van der Waals surface area contributed by atoms with Gasteiger partial charge in [0.25, 0.3) is 0 Å². The van der Waals surface area contributed by atoms with E-state index in [4.69, 9.17) is 10.4 Å². The van der Waals surface area contributed by atoms with Crippen molar-refractivity contribution in [2.24, 2.45) is 5.92 Å². The standard InChI is InChI=1S/C13H16N2OS/c1-11(8-14)9-15(2)10-13-6-5-12(17-13)4-3-7-16/h5-6,11,16H,7,9-10H2,1-2H3. The number of hydrogen-bond donors (Lipinski definition) is 1. The number of aliphatic hydroxyl groups excluding tert-OH is 1. The van der Waals surface area contributed by atoms with Crippen molar-refractivity contribution in [1.82, 2.24) is 4.90 Å². The first-order valence-electron chi connectivity index (χ1n) is 5.42. The number of nitriles is 1. The van der Waals surface area contributed by atoms with Crippen molar-refractivity contribution in [2.75, 3.05) is 20.2 Å². The Morgan fingerprint density at radius 2 is 2.29 bits per heavy atom. The van der Waals surface area contributed by atoms with Gasteiger partial charge in [-0.3, -0.25) is 0 Å². The molecule has 1 rings (SSSR count). The van der Waals surface area contributed by atoms with E-state index in [1.54, 1.807) is 11.3 Å². The highest BCUT2D eigenvalue weighted by atomic mass is 32.1. The predicted octanol–water partition coefficient (Wildman–Crippen LogP) is 1.68. The Bertz CT molecular complexity index is 450. The molecule has 1 N–H and O–H groups in total. The first-order chi connectivity index (χ1) is 8.15. The maximum absolute atomic E-state index is 8.73. The summed E-state index contributed by atoms with van der Waals surface area (Å²) in [6, 6.07) is 6.23. The zero-order valence-corrected chi connectivity index (χ0v) is 10.9. The first-order valence-corrected chi connectivity index (χ1v) is 6.24. The summed E-state index contributed by atoms with van der Waals surface area (Å²) >= 11 is 1.63. The van der Waals surface area contributed by atoms with Gasteiger partial charge in [-0.1, -0.05) is 11.8 Å². The Labute approximate surface area is 106 Å². The Morgan fingerprint density at radius 3 is 2.94 bits per heavy atom. The van der Waals surface area contributed by atoms with Gasteiger partial charge >= 0.3 is 0 Å². The van der Waals surface area contributed by atoms with Crippen molar-refractivity contribution in [1.29, 1.82) is 5.26 Å². The molecule has 1 atom stereocenters. The normalized spacial score (nSPS) is 11.7. The molecule has 0 saturated carbocycles. The molecule has 0 bridgehead atoms. The number of aliphatic hydroxyl groups is 1. The summed E-state index contributed by atoms with van der Waals surface area (Å²) in [5, 5.41) is 17.3. The highest BCUT2D eigenvalue weighted by Gasteiger charge is 2.07. The van der Waals surface area contributed by atoms with Gasteiger partial charge in [0.2, 0.25) is 0 Å². The Kier molecular flexibility index (Phi) is 5.72. The molecule has 0 fully saturated rings. The van der Waals surface area contributed by atoms with Gasteiger partial charge in [-0.05, 0) is 26.1 Å². The zero-order chi connectivity index (χ0) is 12.7. The summed E-state index contributed by atoms with van der Waals surface area (Å²) in [4.78, 5) is 4.32. The quantitative estimate of drug-likeness (QED) is 0.825. The van der Waals surface area contributed by atoms with E-state index in [9.17, 15) is 0 Å². The van der Waals surface area contributed by atoms with Crippen LogP contribution < -0.4 is 0 Å². The Hall–Kier alpha value is -1.33. The minimum Gasteiger partial charge on any atom is -0.384 e. The molecule has 4 heteroatoms. The second-order valence-electron chi connectivity index (χ2n) is 3.95. The van der Waals surface area contributed by atoms with Crippen LogP contribution in [0.25, 0.3) is 0 Å². The second-order valence-corrected chi connectivity index (χ2v) is 5.12. The van der Waals surface area contributed by atoms with Crippen LogP contribution in [0.3, 0.4) is 0 Å². The monoisotopic (exact) mass is 248 g/mol. The number of nitrogens with zero attached hydrogens (tertiary/aromatic N) is 2. The van der Waals surface area contributed by atoms with Crippen LogP contribution in [-0.4, -0.2) is 30.2 Å². The third-order valence-corrected chi connectivity index (χ3v) is 3.17. The Morgan fingerprint density at radius 1 is 1.53 bits per heavy atom. The Balaban J connectivity index is 2.52. The lowest BCUT2D eigenvalue weighted by atomic mass is 10.2. The van der Waals surface area contributed by atoms with E-state index in [0.29, 0.717) is 0 Å². The molecular formula is C13H16N2OS. The van der Waals surface area contributed by atoms with E-state index in [1.807, 2.05) is 26.1 Å². The number of thiophene rings is 1. The molecule has 1 heterocycles. The summed E-state index contributed by atoms with van der Waals surface area (Å²) in [6.07, 6.45) is 0. The summed E-state index contributed by atoms with van der Waals surface area (Å²) in [5.74, 6) is 5.57. The molecule has 17 heavy (non-hydrogen) atoms. The van der Waals surface area contributed by atoms with Crippen LogP contribution in [-0.2, 0) is 6.54 Å². The lowest BCUT2D eigenvalue weighted by Crippen LogP contribution is -2.22. The van der Waals surface area contributed by atoms with Gasteiger partial charge in [0, 0.05) is 18.0 Å². The van der Waals surface area contributed by atoms with Gasteiger partial charge in [0.05, 0.1) is 16.9 Å². The smallest absolute Gasteiger partial charge is 0.104 e. The van der Waals surface area contributed by atoms with Crippen molar-refractivity contribution >= 4 is 11.3 Å². The highest BCUT2D eigenvalue weighted by molar-refractivity contribution is 7.12. The van der Waals surface area contributed by atoms with Crippen LogP contribution in [0.4, 0.5) is 0 Å². The van der Waals surface area contributed by atoms with E-state index in [1.165, 1.54) is 4.88 Å². The SMILES string of the molecule is CC(C#N)CN(C)Cc1ccc(C#CCO)s1. The van der Waals surface area contributed by atoms with Crippen molar-refractivity contribution in [3.8, 4) is 17.9 Å². The fourth-order valence-corrected chi connectivity index (χ4v) is 2.46. The van der Waals surface area contributed by atoms with E-state index < -0.39 is 0 Å². The van der Waals surface area contributed by atoms with E-state index in [0.717, 1.165) is 18.0 Å². The van der Waals surface area contributed by atoms with Gasteiger partial charge in [0.15, 0.2) is 0 Å². The lowest BCUT2D eigenvalue weighted by molar-refractivity contribution is 0.305. The molecule has 0 amide bonds. The number of hydrogen-bond acceptors (Lipinski definition) is 4. The summed E-state index contributed by atoms with van der Waals surface area (Å²) in [7, 11) is 2.01. The average molecular weight is 248 g/mol. The van der Waals surface area contributed by atoms with E-state index >= 15 is 0 Å².